The standard InChI is InChI=1S/C33H39F7O/c1-2-19-3-5-20(6-4-19)7-8-21-9-14-26-24(17-21)18-27(34)29(30(26)35)23-12-10-22(11-13-23)25-15-16-28(32(37)31(25)36)41-33(38,39)40/h15-16,18-23H,2-14,17H2,1H3. The molecule has 8 heteroatoms. The quantitative estimate of drug-likeness (QED) is 0.294. The summed E-state index contributed by atoms with van der Waals surface area (Å²) in [5, 5.41) is 0. The third-order valence-electron chi connectivity index (χ3n) is 10.2. The van der Waals surface area contributed by atoms with Crippen molar-refractivity contribution in [2.75, 3.05) is 0 Å². The molecule has 3 aliphatic rings. The molecule has 3 aliphatic carbocycles. The molecule has 0 aromatic heterocycles. The molecule has 1 atom stereocenters. The Hall–Kier alpha value is -2.25. The summed E-state index contributed by atoms with van der Waals surface area (Å²) in [5.41, 5.74) is 1.46. The molecule has 0 radical (unpaired) electrons. The fourth-order valence-electron chi connectivity index (χ4n) is 7.72. The number of halogens is 7. The predicted octanol–water partition coefficient (Wildman–Crippen LogP) is 10.7. The Morgan fingerprint density at radius 3 is 2.02 bits per heavy atom. The molecule has 1 nitrogen and oxygen atoms in total. The Morgan fingerprint density at radius 2 is 1.37 bits per heavy atom. The second-order valence-electron chi connectivity index (χ2n) is 12.6. The minimum atomic E-state index is -5.13. The van der Waals surface area contributed by atoms with Crippen LogP contribution in [0.2, 0.25) is 0 Å². The topological polar surface area (TPSA) is 9.23 Å². The summed E-state index contributed by atoms with van der Waals surface area (Å²) in [4.78, 5) is 0. The average molecular weight is 585 g/mol. The molecule has 0 bridgehead atoms. The molecule has 1 unspecified atom stereocenters. The second kappa shape index (κ2) is 12.5. The number of rotatable bonds is 7. The number of hydrogen-bond donors (Lipinski definition) is 0. The van der Waals surface area contributed by atoms with Crippen molar-refractivity contribution in [3.8, 4) is 5.75 Å². The van der Waals surface area contributed by atoms with Gasteiger partial charge in [-0.05, 0) is 110 Å². The van der Waals surface area contributed by atoms with Crippen LogP contribution in [0.3, 0.4) is 0 Å². The van der Waals surface area contributed by atoms with Crippen LogP contribution in [0.5, 0.6) is 5.75 Å². The number of benzene rings is 2. The van der Waals surface area contributed by atoms with E-state index in [0.29, 0.717) is 50.0 Å². The van der Waals surface area contributed by atoms with Crippen LogP contribution in [0.4, 0.5) is 30.7 Å². The molecule has 5 rings (SSSR count). The van der Waals surface area contributed by atoms with Crippen LogP contribution in [-0.2, 0) is 12.8 Å². The fraction of sp³-hybridized carbons (Fsp3) is 0.636. The van der Waals surface area contributed by atoms with Gasteiger partial charge in [-0.1, -0.05) is 51.5 Å². The van der Waals surface area contributed by atoms with Gasteiger partial charge in [-0.2, -0.15) is 4.39 Å². The molecule has 0 N–H and O–H groups in total. The van der Waals surface area contributed by atoms with Crippen LogP contribution >= 0.6 is 0 Å². The lowest BCUT2D eigenvalue weighted by Gasteiger charge is -2.32. The third-order valence-corrected chi connectivity index (χ3v) is 10.2. The monoisotopic (exact) mass is 584 g/mol. The second-order valence-corrected chi connectivity index (χ2v) is 12.6. The molecule has 0 amide bonds. The summed E-state index contributed by atoms with van der Waals surface area (Å²) in [5.74, 6) is -3.99. The number of ether oxygens (including phenoxy) is 1. The molecule has 0 aliphatic heterocycles. The minimum absolute atomic E-state index is 0.0358. The summed E-state index contributed by atoms with van der Waals surface area (Å²) in [7, 11) is 0. The molecule has 2 saturated carbocycles. The van der Waals surface area contributed by atoms with Crippen molar-refractivity contribution >= 4 is 0 Å². The lowest BCUT2D eigenvalue weighted by molar-refractivity contribution is -0.275. The predicted molar refractivity (Wildman–Crippen MR) is 144 cm³/mol. The van der Waals surface area contributed by atoms with Gasteiger partial charge in [-0.25, -0.2) is 13.2 Å². The van der Waals surface area contributed by atoms with E-state index in [1.165, 1.54) is 44.6 Å². The maximum Gasteiger partial charge on any atom is 0.573 e. The zero-order chi connectivity index (χ0) is 29.3. The first kappa shape index (κ1) is 30.2. The van der Waals surface area contributed by atoms with E-state index in [1.807, 2.05) is 0 Å². The van der Waals surface area contributed by atoms with Crippen molar-refractivity contribution in [3.63, 3.8) is 0 Å². The van der Waals surface area contributed by atoms with Crippen LogP contribution in [0, 0.1) is 41.0 Å². The molecule has 2 aromatic rings. The summed E-state index contributed by atoms with van der Waals surface area (Å²) < 4.78 is 101. The van der Waals surface area contributed by atoms with E-state index in [9.17, 15) is 22.0 Å². The lowest BCUT2D eigenvalue weighted by atomic mass is 9.73. The van der Waals surface area contributed by atoms with Crippen LogP contribution in [0.1, 0.15) is 118 Å². The molecular formula is C33H39F7O. The van der Waals surface area contributed by atoms with Crippen molar-refractivity contribution in [3.05, 3.63) is 63.7 Å². The number of hydrogen-bond acceptors (Lipinski definition) is 1. The van der Waals surface area contributed by atoms with Crippen LogP contribution in [0.15, 0.2) is 18.2 Å². The summed E-state index contributed by atoms with van der Waals surface area (Å²) in [6, 6.07) is 3.41. The minimum Gasteiger partial charge on any atom is -0.403 e. The smallest absolute Gasteiger partial charge is 0.403 e. The van der Waals surface area contributed by atoms with Gasteiger partial charge < -0.3 is 4.74 Å². The highest BCUT2D eigenvalue weighted by atomic mass is 19.4. The average Bonchev–Trinajstić information content (AvgIpc) is 2.94. The van der Waals surface area contributed by atoms with Gasteiger partial charge in [-0.3, -0.25) is 0 Å². The first-order valence-electron chi connectivity index (χ1n) is 15.3. The summed E-state index contributed by atoms with van der Waals surface area (Å²) in [6.45, 7) is 2.27. The zero-order valence-corrected chi connectivity index (χ0v) is 23.6. The van der Waals surface area contributed by atoms with Gasteiger partial charge in [0.05, 0.1) is 0 Å². The molecule has 226 valence electrons. The van der Waals surface area contributed by atoms with Gasteiger partial charge >= 0.3 is 6.36 Å². The summed E-state index contributed by atoms with van der Waals surface area (Å²) >= 11 is 0. The molecule has 0 heterocycles. The first-order valence-corrected chi connectivity index (χ1v) is 15.3. The van der Waals surface area contributed by atoms with Crippen LogP contribution in [-0.4, -0.2) is 6.36 Å². The van der Waals surface area contributed by atoms with Crippen LogP contribution in [0.25, 0.3) is 0 Å². The van der Waals surface area contributed by atoms with E-state index < -0.39 is 41.3 Å². The SMILES string of the molecule is CCC1CCC(CCC2CCc3c(cc(F)c(C4CCC(c5ccc(OC(F)(F)F)c(F)c5F)CC4)c3F)C2)CC1. The molecule has 41 heavy (non-hydrogen) atoms. The Balaban J connectivity index is 1.20. The Kier molecular flexibility index (Phi) is 9.25. The Labute approximate surface area is 237 Å². The maximum absolute atomic E-state index is 15.7. The Morgan fingerprint density at radius 1 is 0.732 bits per heavy atom. The third kappa shape index (κ3) is 6.88. The first-order chi connectivity index (χ1) is 19.5. The molecular weight excluding hydrogens is 545 g/mol. The summed E-state index contributed by atoms with van der Waals surface area (Å²) in [6.07, 6.45) is 7.36. The number of alkyl halides is 3. The normalized spacial score (nSPS) is 27.0. The Bertz CT molecular complexity index is 1210. The highest BCUT2D eigenvalue weighted by Crippen LogP contribution is 2.45. The van der Waals surface area contributed by atoms with Gasteiger partial charge in [0.1, 0.15) is 11.6 Å². The van der Waals surface area contributed by atoms with E-state index in [2.05, 4.69) is 11.7 Å². The maximum atomic E-state index is 15.7. The van der Waals surface area contributed by atoms with Gasteiger partial charge in [0.2, 0.25) is 5.82 Å². The van der Waals surface area contributed by atoms with Crippen LogP contribution < -0.4 is 4.74 Å². The zero-order valence-electron chi connectivity index (χ0n) is 23.6. The van der Waals surface area contributed by atoms with Crippen molar-refractivity contribution in [2.45, 2.75) is 115 Å². The van der Waals surface area contributed by atoms with E-state index in [1.54, 1.807) is 0 Å². The molecule has 2 fully saturated rings. The van der Waals surface area contributed by atoms with Crippen molar-refractivity contribution < 1.29 is 35.5 Å². The largest absolute Gasteiger partial charge is 0.573 e. The number of fused-ring (bicyclic) bond motifs is 1. The molecule has 2 aromatic carbocycles. The van der Waals surface area contributed by atoms with Gasteiger partial charge in [0.25, 0.3) is 0 Å². The highest BCUT2D eigenvalue weighted by Gasteiger charge is 2.36. The van der Waals surface area contributed by atoms with Gasteiger partial charge in [-0.15, -0.1) is 13.2 Å². The highest BCUT2D eigenvalue weighted by molar-refractivity contribution is 5.40. The molecule has 0 spiro atoms. The van der Waals surface area contributed by atoms with E-state index in [-0.39, 0.29) is 17.0 Å². The van der Waals surface area contributed by atoms with Gasteiger partial charge in [0.15, 0.2) is 11.6 Å². The van der Waals surface area contributed by atoms with E-state index >= 15 is 8.78 Å². The van der Waals surface area contributed by atoms with Crippen molar-refractivity contribution in [2.24, 2.45) is 17.8 Å². The van der Waals surface area contributed by atoms with Gasteiger partial charge in [0, 0.05) is 5.56 Å². The molecule has 0 saturated heterocycles. The van der Waals surface area contributed by atoms with Crippen molar-refractivity contribution in [1.82, 2.24) is 0 Å². The fourth-order valence-corrected chi connectivity index (χ4v) is 7.72. The van der Waals surface area contributed by atoms with E-state index in [4.69, 9.17) is 0 Å². The van der Waals surface area contributed by atoms with E-state index in [0.717, 1.165) is 42.4 Å². The van der Waals surface area contributed by atoms with Crippen molar-refractivity contribution in [1.29, 1.82) is 0 Å². The lowest BCUT2D eigenvalue weighted by Crippen LogP contribution is -2.22.